The van der Waals surface area contributed by atoms with Crippen LogP contribution in [0, 0.1) is 3.57 Å². The molecule has 0 bridgehead atoms. The number of aromatic amines is 1. The molecule has 9 nitrogen and oxygen atoms in total. The lowest BCUT2D eigenvalue weighted by Crippen LogP contribution is -2.38. The van der Waals surface area contributed by atoms with Crippen molar-refractivity contribution in [1.29, 1.82) is 0 Å². The predicted octanol–water partition coefficient (Wildman–Crippen LogP) is 1.08. The molecule has 1 saturated heterocycles. The van der Waals surface area contributed by atoms with E-state index in [2.05, 4.69) is 20.9 Å². The Balaban J connectivity index is 2.30. The number of hydrogen-bond donors (Lipinski definition) is 1. The van der Waals surface area contributed by atoms with Crippen molar-refractivity contribution < 1.29 is 23.8 Å². The van der Waals surface area contributed by atoms with Crippen LogP contribution in [0.4, 0.5) is 0 Å². The van der Waals surface area contributed by atoms with Gasteiger partial charge < -0.3 is 14.2 Å². The first-order valence-corrected chi connectivity index (χ1v) is 9.93. The minimum absolute atomic E-state index is 0.123. The number of ether oxygens (including phenoxy) is 3. The van der Waals surface area contributed by atoms with Crippen LogP contribution in [0.3, 0.4) is 0 Å². The van der Waals surface area contributed by atoms with Crippen molar-refractivity contribution in [2.75, 3.05) is 6.61 Å². The number of carbonyl (C=O) groups is 2. The van der Waals surface area contributed by atoms with E-state index in [0.29, 0.717) is 3.57 Å². The molecule has 2 heterocycles. The lowest BCUT2D eigenvalue weighted by Gasteiger charge is -2.20. The van der Waals surface area contributed by atoms with E-state index in [0.717, 1.165) is 0 Å². The zero-order valence-electron chi connectivity index (χ0n) is 14.1. The summed E-state index contributed by atoms with van der Waals surface area (Å²) in [5, 5.41) is 0. The van der Waals surface area contributed by atoms with Crippen molar-refractivity contribution >= 4 is 50.5 Å². The zero-order chi connectivity index (χ0) is 19.4. The summed E-state index contributed by atoms with van der Waals surface area (Å²) < 4.78 is 17.8. The second kappa shape index (κ2) is 9.13. The van der Waals surface area contributed by atoms with Gasteiger partial charge in [0.25, 0.3) is 5.56 Å². The van der Waals surface area contributed by atoms with Crippen molar-refractivity contribution in [2.45, 2.75) is 50.0 Å². The summed E-state index contributed by atoms with van der Waals surface area (Å²) >= 11 is 5.21. The highest BCUT2D eigenvalue weighted by molar-refractivity contribution is 14.1. The van der Waals surface area contributed by atoms with Crippen molar-refractivity contribution in [3.05, 3.63) is 30.6 Å². The number of aromatic nitrogens is 2. The Bertz CT molecular complexity index is 793. The third-order valence-corrected chi connectivity index (χ3v) is 5.46. The molecule has 1 aromatic rings. The standard InChI is InChI=1S/C15H18BrIN2O7/c1-3-9(20)24-6-8-12(26-10(21)4-2)11(16)14(25-8)19-5-7(17)13(22)18-15(19)23/h5,8,11-12,14H,3-4,6H2,1-2H3,(H,18,22,23). The topological polar surface area (TPSA) is 117 Å². The fraction of sp³-hybridized carbons (Fsp3) is 0.600. The summed E-state index contributed by atoms with van der Waals surface area (Å²) in [4.78, 5) is 48.5. The minimum Gasteiger partial charge on any atom is -0.463 e. The second-order valence-corrected chi connectivity index (χ2v) is 7.72. The number of hydrogen-bond acceptors (Lipinski definition) is 7. The molecule has 11 heteroatoms. The van der Waals surface area contributed by atoms with Gasteiger partial charge in [0.2, 0.25) is 0 Å². The number of H-pyrrole nitrogens is 1. The quantitative estimate of drug-likeness (QED) is 0.323. The van der Waals surface area contributed by atoms with Crippen molar-refractivity contribution in [3.63, 3.8) is 0 Å². The van der Waals surface area contributed by atoms with Crippen molar-refractivity contribution in [3.8, 4) is 0 Å². The van der Waals surface area contributed by atoms with E-state index in [-0.39, 0.29) is 19.4 Å². The van der Waals surface area contributed by atoms with Gasteiger partial charge in [0.15, 0.2) is 6.23 Å². The molecule has 2 rings (SSSR count). The van der Waals surface area contributed by atoms with E-state index in [1.165, 1.54) is 10.8 Å². The number of halogens is 2. The number of esters is 2. The summed E-state index contributed by atoms with van der Waals surface area (Å²) in [6, 6.07) is 0. The van der Waals surface area contributed by atoms with Crippen LogP contribution in [0.15, 0.2) is 15.8 Å². The van der Waals surface area contributed by atoms with Gasteiger partial charge in [0, 0.05) is 19.0 Å². The fourth-order valence-electron chi connectivity index (χ4n) is 2.35. The summed E-state index contributed by atoms with van der Waals surface area (Å²) in [5.74, 6) is -0.863. The first-order valence-electron chi connectivity index (χ1n) is 7.94. The maximum Gasteiger partial charge on any atom is 0.330 e. The third-order valence-electron chi connectivity index (χ3n) is 3.72. The molecule has 1 aliphatic heterocycles. The predicted molar refractivity (Wildman–Crippen MR) is 102 cm³/mol. The Labute approximate surface area is 170 Å². The molecular formula is C15H18BrIN2O7. The highest BCUT2D eigenvalue weighted by Crippen LogP contribution is 2.36. The van der Waals surface area contributed by atoms with Gasteiger partial charge in [-0.1, -0.05) is 29.8 Å². The van der Waals surface area contributed by atoms with E-state index in [1.807, 2.05) is 0 Å². The Hall–Kier alpha value is -1.21. The summed E-state index contributed by atoms with van der Waals surface area (Å²) in [7, 11) is 0. The van der Waals surface area contributed by atoms with Crippen LogP contribution in [-0.4, -0.2) is 45.1 Å². The van der Waals surface area contributed by atoms with E-state index < -0.39 is 46.5 Å². The first kappa shape index (κ1) is 21.1. The van der Waals surface area contributed by atoms with Gasteiger partial charge in [-0.2, -0.15) is 0 Å². The minimum atomic E-state index is -0.854. The van der Waals surface area contributed by atoms with Crippen LogP contribution in [-0.2, 0) is 23.8 Å². The van der Waals surface area contributed by atoms with Crippen LogP contribution in [0.2, 0.25) is 0 Å². The van der Waals surface area contributed by atoms with Gasteiger partial charge in [-0.3, -0.25) is 23.9 Å². The van der Waals surface area contributed by atoms with Crippen LogP contribution >= 0.6 is 38.5 Å². The third kappa shape index (κ3) is 4.74. The molecule has 0 aromatic carbocycles. The van der Waals surface area contributed by atoms with Crippen LogP contribution in [0.25, 0.3) is 0 Å². The summed E-state index contributed by atoms with van der Waals surface area (Å²) in [5.41, 5.74) is -1.16. The molecule has 0 aliphatic carbocycles. The van der Waals surface area contributed by atoms with Gasteiger partial charge in [0.05, 0.1) is 8.40 Å². The van der Waals surface area contributed by atoms with Crippen molar-refractivity contribution in [1.82, 2.24) is 9.55 Å². The lowest BCUT2D eigenvalue weighted by molar-refractivity contribution is -0.157. The molecule has 1 N–H and O–H groups in total. The van der Waals surface area contributed by atoms with Gasteiger partial charge in [-0.05, 0) is 22.6 Å². The Morgan fingerprint density at radius 3 is 2.58 bits per heavy atom. The molecule has 144 valence electrons. The number of alkyl halides is 1. The largest absolute Gasteiger partial charge is 0.463 e. The van der Waals surface area contributed by atoms with E-state index in [9.17, 15) is 19.2 Å². The smallest absolute Gasteiger partial charge is 0.330 e. The molecule has 0 radical (unpaired) electrons. The van der Waals surface area contributed by atoms with Crippen LogP contribution < -0.4 is 11.2 Å². The van der Waals surface area contributed by atoms with Crippen molar-refractivity contribution in [2.24, 2.45) is 0 Å². The SMILES string of the molecule is CCC(=O)OCC1OC(n2cc(I)c(=O)[nH]c2=O)C(Br)C1OC(=O)CC. The normalized spacial score (nSPS) is 25.1. The highest BCUT2D eigenvalue weighted by atomic mass is 127. The Morgan fingerprint density at radius 1 is 1.31 bits per heavy atom. The maximum absolute atomic E-state index is 12.1. The van der Waals surface area contributed by atoms with Crippen LogP contribution in [0.1, 0.15) is 32.9 Å². The average molecular weight is 545 g/mol. The van der Waals surface area contributed by atoms with Gasteiger partial charge >= 0.3 is 17.6 Å². The van der Waals surface area contributed by atoms with Gasteiger partial charge in [-0.25, -0.2) is 4.79 Å². The second-order valence-electron chi connectivity index (χ2n) is 5.50. The Kier molecular flexibility index (Phi) is 7.41. The zero-order valence-corrected chi connectivity index (χ0v) is 17.8. The first-order chi connectivity index (χ1) is 12.3. The number of nitrogens with zero attached hydrogens (tertiary/aromatic N) is 1. The summed E-state index contributed by atoms with van der Waals surface area (Å²) in [6.07, 6.45) is -0.655. The molecule has 4 atom stereocenters. The maximum atomic E-state index is 12.1. The molecular weight excluding hydrogens is 527 g/mol. The van der Waals surface area contributed by atoms with Crippen LogP contribution in [0.5, 0.6) is 0 Å². The molecule has 1 aromatic heterocycles. The lowest BCUT2D eigenvalue weighted by atomic mass is 10.2. The molecule has 0 spiro atoms. The van der Waals surface area contributed by atoms with Gasteiger partial charge in [0.1, 0.15) is 18.8 Å². The Morgan fingerprint density at radius 2 is 1.96 bits per heavy atom. The fourth-order valence-corrected chi connectivity index (χ4v) is 3.62. The van der Waals surface area contributed by atoms with Gasteiger partial charge in [-0.15, -0.1) is 0 Å². The molecule has 0 saturated carbocycles. The number of nitrogens with one attached hydrogen (secondary N) is 1. The molecule has 4 unspecified atom stereocenters. The molecule has 26 heavy (non-hydrogen) atoms. The monoisotopic (exact) mass is 544 g/mol. The average Bonchev–Trinajstić information content (AvgIpc) is 2.91. The number of carbonyl (C=O) groups excluding carboxylic acids is 2. The molecule has 1 fully saturated rings. The molecule has 1 aliphatic rings. The number of rotatable bonds is 6. The van der Waals surface area contributed by atoms with E-state index in [1.54, 1.807) is 36.4 Å². The van der Waals surface area contributed by atoms with E-state index in [4.69, 9.17) is 14.2 Å². The van der Waals surface area contributed by atoms with E-state index >= 15 is 0 Å². The summed E-state index contributed by atoms with van der Waals surface area (Å²) in [6.45, 7) is 3.19. The molecule has 0 amide bonds. The highest BCUT2D eigenvalue weighted by Gasteiger charge is 2.47.